The monoisotopic (exact) mass is 342 g/mol. The molecule has 4 heteroatoms. The Morgan fingerprint density at radius 3 is 2.76 bits per heavy atom. The van der Waals surface area contributed by atoms with Gasteiger partial charge in [0.1, 0.15) is 11.5 Å². The number of piperidine rings is 1. The molecule has 3 rings (SSSR count). The molecule has 1 saturated heterocycles. The summed E-state index contributed by atoms with van der Waals surface area (Å²) in [6.45, 7) is 6.13. The first-order valence-electron chi connectivity index (χ1n) is 9.13. The Balaban J connectivity index is 1.71. The van der Waals surface area contributed by atoms with Gasteiger partial charge in [0.15, 0.2) is 0 Å². The van der Waals surface area contributed by atoms with Crippen LogP contribution >= 0.6 is 0 Å². The molecule has 2 aromatic rings. The van der Waals surface area contributed by atoms with Crippen LogP contribution in [0.3, 0.4) is 0 Å². The molecular weight excluding hydrogens is 312 g/mol. The molecule has 0 bridgehead atoms. The van der Waals surface area contributed by atoms with E-state index in [2.05, 4.69) is 48.2 Å². The first-order chi connectivity index (χ1) is 12.0. The Bertz CT molecular complexity index is 695. The summed E-state index contributed by atoms with van der Waals surface area (Å²) in [5, 5.41) is 10.0. The second kappa shape index (κ2) is 7.73. The highest BCUT2D eigenvalue weighted by atomic mass is 16.3. The van der Waals surface area contributed by atoms with Gasteiger partial charge in [-0.3, -0.25) is 4.90 Å². The molecule has 1 aliphatic rings. The van der Waals surface area contributed by atoms with Crippen LogP contribution in [0.1, 0.15) is 24.2 Å². The number of furan rings is 1. The highest BCUT2D eigenvalue weighted by molar-refractivity contribution is 5.58. The van der Waals surface area contributed by atoms with Crippen LogP contribution < -0.4 is 0 Å². The third-order valence-corrected chi connectivity index (χ3v) is 5.09. The molecule has 4 nitrogen and oxygen atoms in total. The van der Waals surface area contributed by atoms with Crippen molar-refractivity contribution in [2.45, 2.75) is 26.3 Å². The fourth-order valence-electron chi connectivity index (χ4n) is 4.09. The summed E-state index contributed by atoms with van der Waals surface area (Å²) < 4.78 is 5.76. The zero-order valence-corrected chi connectivity index (χ0v) is 15.7. The number of hydrogen-bond acceptors (Lipinski definition) is 4. The zero-order valence-electron chi connectivity index (χ0n) is 15.7. The fourth-order valence-corrected chi connectivity index (χ4v) is 4.09. The lowest BCUT2D eigenvalue weighted by Crippen LogP contribution is -2.49. The number of nitrogens with zero attached hydrogens (tertiary/aromatic N) is 2. The van der Waals surface area contributed by atoms with E-state index in [4.69, 9.17) is 4.42 Å². The predicted octanol–water partition coefficient (Wildman–Crippen LogP) is 3.39. The van der Waals surface area contributed by atoms with Gasteiger partial charge >= 0.3 is 0 Å². The lowest BCUT2D eigenvalue weighted by atomic mass is 9.80. The Kier molecular flexibility index (Phi) is 5.62. The molecule has 1 fully saturated rings. The number of likely N-dealkylation sites (tertiary alicyclic amines) is 1. The maximum atomic E-state index is 10.0. The van der Waals surface area contributed by atoms with Gasteiger partial charge in [-0.2, -0.15) is 0 Å². The summed E-state index contributed by atoms with van der Waals surface area (Å²) in [6, 6.07) is 12.6. The van der Waals surface area contributed by atoms with E-state index in [0.717, 1.165) is 56.1 Å². The quantitative estimate of drug-likeness (QED) is 0.873. The van der Waals surface area contributed by atoms with Gasteiger partial charge in [0.2, 0.25) is 0 Å². The normalized spacial score (nSPS) is 21.8. The maximum absolute atomic E-state index is 10.0. The Morgan fingerprint density at radius 2 is 2.08 bits per heavy atom. The standard InChI is InChI=1S/C21H30N2O2/c1-17-8-9-20(25-17)19-7-4-6-18(12-19)13-23-11-5-10-21(15-23,16-24)14-22(2)3/h4,6-9,12,24H,5,10-11,13-16H2,1-3H3. The minimum Gasteiger partial charge on any atom is -0.461 e. The van der Waals surface area contributed by atoms with Crippen molar-refractivity contribution in [3.05, 3.63) is 47.7 Å². The van der Waals surface area contributed by atoms with Crippen molar-refractivity contribution in [3.63, 3.8) is 0 Å². The number of rotatable bonds is 6. The molecule has 0 saturated carbocycles. The van der Waals surface area contributed by atoms with Crippen LogP contribution in [0.2, 0.25) is 0 Å². The minimum atomic E-state index is -0.00250. The van der Waals surface area contributed by atoms with Gasteiger partial charge < -0.3 is 14.4 Å². The average molecular weight is 342 g/mol. The summed E-state index contributed by atoms with van der Waals surface area (Å²) >= 11 is 0. The van der Waals surface area contributed by atoms with Crippen molar-refractivity contribution >= 4 is 0 Å². The minimum absolute atomic E-state index is 0.00250. The van der Waals surface area contributed by atoms with Crippen LogP contribution in [-0.2, 0) is 6.54 Å². The van der Waals surface area contributed by atoms with E-state index in [1.807, 2.05) is 19.1 Å². The molecule has 1 aliphatic heterocycles. The molecule has 0 radical (unpaired) electrons. The average Bonchev–Trinajstić information content (AvgIpc) is 3.01. The molecule has 0 amide bonds. The molecule has 1 aromatic carbocycles. The second-order valence-corrected chi connectivity index (χ2v) is 7.82. The van der Waals surface area contributed by atoms with Crippen molar-refractivity contribution in [3.8, 4) is 11.3 Å². The first-order valence-corrected chi connectivity index (χ1v) is 9.13. The number of aryl methyl sites for hydroxylation is 1. The van der Waals surface area contributed by atoms with Gasteiger partial charge in [0.25, 0.3) is 0 Å². The largest absolute Gasteiger partial charge is 0.461 e. The van der Waals surface area contributed by atoms with Crippen molar-refractivity contribution in [2.75, 3.05) is 40.3 Å². The van der Waals surface area contributed by atoms with Crippen LogP contribution in [-0.4, -0.2) is 55.2 Å². The highest BCUT2D eigenvalue weighted by Gasteiger charge is 2.35. The van der Waals surface area contributed by atoms with Gasteiger partial charge in [-0.25, -0.2) is 0 Å². The molecule has 1 aromatic heterocycles. The predicted molar refractivity (Wildman–Crippen MR) is 101 cm³/mol. The van der Waals surface area contributed by atoms with Crippen LogP contribution in [0.5, 0.6) is 0 Å². The summed E-state index contributed by atoms with van der Waals surface area (Å²) in [4.78, 5) is 4.68. The summed E-state index contributed by atoms with van der Waals surface area (Å²) in [6.07, 6.45) is 2.25. The van der Waals surface area contributed by atoms with Crippen molar-refractivity contribution in [2.24, 2.45) is 5.41 Å². The Labute approximate surface area is 151 Å². The van der Waals surface area contributed by atoms with E-state index in [0.29, 0.717) is 0 Å². The molecule has 2 heterocycles. The number of aliphatic hydroxyl groups is 1. The smallest absolute Gasteiger partial charge is 0.134 e. The zero-order chi connectivity index (χ0) is 17.9. The van der Waals surface area contributed by atoms with Crippen LogP contribution in [0.4, 0.5) is 0 Å². The summed E-state index contributed by atoms with van der Waals surface area (Å²) in [5.74, 6) is 1.86. The third kappa shape index (κ3) is 4.51. The Morgan fingerprint density at radius 1 is 1.24 bits per heavy atom. The molecule has 1 unspecified atom stereocenters. The third-order valence-electron chi connectivity index (χ3n) is 5.09. The molecule has 1 atom stereocenters. The number of benzene rings is 1. The molecule has 0 aliphatic carbocycles. The van der Waals surface area contributed by atoms with E-state index in [9.17, 15) is 5.11 Å². The fraction of sp³-hybridized carbons (Fsp3) is 0.524. The van der Waals surface area contributed by atoms with E-state index < -0.39 is 0 Å². The molecule has 1 N–H and O–H groups in total. The lowest BCUT2D eigenvalue weighted by Gasteiger charge is -2.43. The van der Waals surface area contributed by atoms with Gasteiger partial charge in [0, 0.05) is 30.6 Å². The molecule has 0 spiro atoms. The number of hydrogen-bond donors (Lipinski definition) is 1. The SMILES string of the molecule is Cc1ccc(-c2cccc(CN3CCCC(CO)(CN(C)C)C3)c2)o1. The molecular formula is C21H30N2O2. The molecule has 25 heavy (non-hydrogen) atoms. The summed E-state index contributed by atoms with van der Waals surface area (Å²) in [7, 11) is 4.18. The van der Waals surface area contributed by atoms with Gasteiger partial charge in [-0.1, -0.05) is 18.2 Å². The highest BCUT2D eigenvalue weighted by Crippen LogP contribution is 2.31. The van der Waals surface area contributed by atoms with Crippen molar-refractivity contribution in [1.82, 2.24) is 9.80 Å². The number of aliphatic hydroxyl groups excluding tert-OH is 1. The van der Waals surface area contributed by atoms with Crippen molar-refractivity contribution < 1.29 is 9.52 Å². The maximum Gasteiger partial charge on any atom is 0.134 e. The first kappa shape index (κ1) is 18.2. The summed E-state index contributed by atoms with van der Waals surface area (Å²) in [5.41, 5.74) is 2.42. The van der Waals surface area contributed by atoms with E-state index >= 15 is 0 Å². The topological polar surface area (TPSA) is 39.9 Å². The van der Waals surface area contributed by atoms with Gasteiger partial charge in [0.05, 0.1) is 6.61 Å². The van der Waals surface area contributed by atoms with E-state index in [1.165, 1.54) is 5.56 Å². The van der Waals surface area contributed by atoms with Gasteiger partial charge in [-0.15, -0.1) is 0 Å². The Hall–Kier alpha value is -1.62. The van der Waals surface area contributed by atoms with Crippen molar-refractivity contribution in [1.29, 1.82) is 0 Å². The lowest BCUT2D eigenvalue weighted by molar-refractivity contribution is 0.0105. The van der Waals surface area contributed by atoms with Gasteiger partial charge in [-0.05, 0) is 64.2 Å². The van der Waals surface area contributed by atoms with E-state index in [-0.39, 0.29) is 12.0 Å². The van der Waals surface area contributed by atoms with Crippen LogP contribution in [0.25, 0.3) is 11.3 Å². The second-order valence-electron chi connectivity index (χ2n) is 7.82. The van der Waals surface area contributed by atoms with Crippen LogP contribution in [0, 0.1) is 12.3 Å². The molecule has 136 valence electrons. The van der Waals surface area contributed by atoms with E-state index in [1.54, 1.807) is 0 Å². The van der Waals surface area contributed by atoms with Crippen LogP contribution in [0.15, 0.2) is 40.8 Å².